The third-order valence-corrected chi connectivity index (χ3v) is 1.66. The predicted molar refractivity (Wildman–Crippen MR) is 43.6 cm³/mol. The van der Waals surface area contributed by atoms with E-state index in [1.165, 1.54) is 19.4 Å². The van der Waals surface area contributed by atoms with Crippen LogP contribution in [0.5, 0.6) is 5.88 Å². The van der Waals surface area contributed by atoms with E-state index in [2.05, 4.69) is 4.98 Å². The Balaban J connectivity index is 3.10. The highest BCUT2D eigenvalue weighted by atomic mass is 19.3. The topological polar surface area (TPSA) is 48.1 Å². The number of nitrogens with zero attached hydrogens (tertiary/aromatic N) is 1. The van der Waals surface area contributed by atoms with Gasteiger partial charge in [-0.25, -0.2) is 13.8 Å². The lowest BCUT2D eigenvalue weighted by molar-refractivity contribution is 0.149. The molecule has 0 bridgehead atoms. The van der Waals surface area contributed by atoms with Gasteiger partial charge in [-0.3, -0.25) is 0 Å². The van der Waals surface area contributed by atoms with Crippen LogP contribution in [-0.4, -0.2) is 12.1 Å². The highest BCUT2D eigenvalue weighted by Crippen LogP contribution is 2.24. The van der Waals surface area contributed by atoms with E-state index in [-0.39, 0.29) is 18.0 Å². The molecule has 1 aromatic heterocycles. The SMILES string of the molecule is COc1cc(C(F)F)c(CN)cn1. The lowest BCUT2D eigenvalue weighted by Crippen LogP contribution is -2.03. The predicted octanol–water partition coefficient (Wildman–Crippen LogP) is 1.49. The van der Waals surface area contributed by atoms with Crippen LogP contribution in [0.25, 0.3) is 0 Å². The molecule has 0 amide bonds. The summed E-state index contributed by atoms with van der Waals surface area (Å²) in [4.78, 5) is 3.78. The standard InChI is InChI=1S/C8H10F2N2O/c1-13-7-2-6(8(9)10)5(3-11)4-12-7/h2,4,8H,3,11H2,1H3. The molecule has 0 atom stereocenters. The van der Waals surface area contributed by atoms with Crippen LogP contribution in [0, 0.1) is 0 Å². The van der Waals surface area contributed by atoms with E-state index in [1.807, 2.05) is 0 Å². The van der Waals surface area contributed by atoms with Crippen LogP contribution in [0.2, 0.25) is 0 Å². The summed E-state index contributed by atoms with van der Waals surface area (Å²) in [6, 6.07) is 1.20. The van der Waals surface area contributed by atoms with Crippen LogP contribution in [0.1, 0.15) is 17.6 Å². The van der Waals surface area contributed by atoms with Crippen LogP contribution in [0.15, 0.2) is 12.3 Å². The minimum absolute atomic E-state index is 0.0522. The number of alkyl halides is 2. The quantitative estimate of drug-likeness (QED) is 0.781. The number of rotatable bonds is 3. The lowest BCUT2D eigenvalue weighted by atomic mass is 10.1. The molecule has 0 aliphatic rings. The molecule has 5 heteroatoms. The van der Waals surface area contributed by atoms with E-state index in [4.69, 9.17) is 10.5 Å². The molecule has 1 heterocycles. The number of nitrogens with two attached hydrogens (primary N) is 1. The normalized spacial score (nSPS) is 10.5. The number of hydrogen-bond acceptors (Lipinski definition) is 3. The summed E-state index contributed by atoms with van der Waals surface area (Å²) in [6.07, 6.45) is -1.24. The fourth-order valence-corrected chi connectivity index (χ4v) is 0.964. The van der Waals surface area contributed by atoms with Crippen LogP contribution in [-0.2, 0) is 6.54 Å². The average molecular weight is 188 g/mol. The zero-order valence-electron chi connectivity index (χ0n) is 7.13. The van der Waals surface area contributed by atoms with Gasteiger partial charge < -0.3 is 10.5 Å². The first-order valence-electron chi connectivity index (χ1n) is 3.70. The summed E-state index contributed by atoms with van der Waals surface area (Å²) in [5.74, 6) is 0.174. The maximum absolute atomic E-state index is 12.4. The summed E-state index contributed by atoms with van der Waals surface area (Å²) >= 11 is 0. The minimum Gasteiger partial charge on any atom is -0.481 e. The van der Waals surface area contributed by atoms with Gasteiger partial charge in [0.15, 0.2) is 0 Å². The van der Waals surface area contributed by atoms with E-state index in [9.17, 15) is 8.78 Å². The number of aromatic nitrogens is 1. The van der Waals surface area contributed by atoms with Crippen molar-refractivity contribution in [2.24, 2.45) is 5.73 Å². The molecule has 0 aliphatic carbocycles. The van der Waals surface area contributed by atoms with E-state index in [0.29, 0.717) is 5.56 Å². The molecule has 0 aromatic carbocycles. The molecule has 1 aromatic rings. The van der Waals surface area contributed by atoms with Crippen molar-refractivity contribution in [3.8, 4) is 5.88 Å². The third kappa shape index (κ3) is 2.12. The molecule has 0 unspecified atom stereocenters. The zero-order chi connectivity index (χ0) is 9.84. The first-order chi connectivity index (χ1) is 6.19. The van der Waals surface area contributed by atoms with Crippen molar-refractivity contribution >= 4 is 0 Å². The molecule has 0 aliphatic heterocycles. The van der Waals surface area contributed by atoms with Gasteiger partial charge in [-0.2, -0.15) is 0 Å². The molecule has 13 heavy (non-hydrogen) atoms. The molecule has 72 valence electrons. The van der Waals surface area contributed by atoms with Crippen LogP contribution in [0.4, 0.5) is 8.78 Å². The Morgan fingerprint density at radius 2 is 2.31 bits per heavy atom. The first-order valence-corrected chi connectivity index (χ1v) is 3.70. The van der Waals surface area contributed by atoms with Gasteiger partial charge >= 0.3 is 0 Å². The van der Waals surface area contributed by atoms with Gasteiger partial charge in [0.25, 0.3) is 6.43 Å². The van der Waals surface area contributed by atoms with E-state index in [1.54, 1.807) is 0 Å². The number of halogens is 2. The zero-order valence-corrected chi connectivity index (χ0v) is 7.13. The van der Waals surface area contributed by atoms with Crippen molar-refractivity contribution in [2.75, 3.05) is 7.11 Å². The molecule has 1 rings (SSSR count). The Labute approximate surface area is 74.5 Å². The summed E-state index contributed by atoms with van der Waals surface area (Å²) < 4.78 is 29.5. The Morgan fingerprint density at radius 3 is 2.77 bits per heavy atom. The second-order valence-electron chi connectivity index (χ2n) is 2.43. The van der Waals surface area contributed by atoms with Crippen molar-refractivity contribution in [3.63, 3.8) is 0 Å². The van der Waals surface area contributed by atoms with Crippen LogP contribution < -0.4 is 10.5 Å². The molecule has 2 N–H and O–H groups in total. The second-order valence-corrected chi connectivity index (χ2v) is 2.43. The third-order valence-electron chi connectivity index (χ3n) is 1.66. The maximum Gasteiger partial charge on any atom is 0.264 e. The minimum atomic E-state index is -2.55. The Hall–Kier alpha value is -1.23. The van der Waals surface area contributed by atoms with Gasteiger partial charge in [0.1, 0.15) is 0 Å². The van der Waals surface area contributed by atoms with Crippen molar-refractivity contribution < 1.29 is 13.5 Å². The molecule has 0 saturated carbocycles. The molecular formula is C8H10F2N2O. The van der Waals surface area contributed by atoms with Gasteiger partial charge in [0.2, 0.25) is 5.88 Å². The summed E-state index contributed by atoms with van der Waals surface area (Å²) in [6.45, 7) is 0.0522. The summed E-state index contributed by atoms with van der Waals surface area (Å²) in [7, 11) is 1.37. The van der Waals surface area contributed by atoms with Crippen molar-refractivity contribution in [1.29, 1.82) is 0 Å². The Kier molecular flexibility index (Phi) is 3.13. The highest BCUT2D eigenvalue weighted by molar-refractivity contribution is 5.30. The van der Waals surface area contributed by atoms with Gasteiger partial charge in [-0.15, -0.1) is 0 Å². The number of hydrogen-bond donors (Lipinski definition) is 1. The molecule has 3 nitrogen and oxygen atoms in total. The Bertz CT molecular complexity index is 291. The smallest absolute Gasteiger partial charge is 0.264 e. The molecular weight excluding hydrogens is 178 g/mol. The van der Waals surface area contributed by atoms with Gasteiger partial charge in [-0.05, 0) is 5.56 Å². The Morgan fingerprint density at radius 1 is 1.62 bits per heavy atom. The van der Waals surface area contributed by atoms with Crippen molar-refractivity contribution in [2.45, 2.75) is 13.0 Å². The fourth-order valence-electron chi connectivity index (χ4n) is 0.964. The van der Waals surface area contributed by atoms with Crippen molar-refractivity contribution in [3.05, 3.63) is 23.4 Å². The van der Waals surface area contributed by atoms with Gasteiger partial charge in [0.05, 0.1) is 7.11 Å². The molecule has 0 spiro atoms. The van der Waals surface area contributed by atoms with E-state index in [0.717, 1.165) is 0 Å². The second kappa shape index (κ2) is 4.13. The van der Waals surface area contributed by atoms with Gasteiger partial charge in [-0.1, -0.05) is 0 Å². The maximum atomic E-state index is 12.4. The van der Waals surface area contributed by atoms with Crippen LogP contribution >= 0.6 is 0 Å². The number of pyridine rings is 1. The van der Waals surface area contributed by atoms with Crippen molar-refractivity contribution in [1.82, 2.24) is 4.98 Å². The molecule has 0 radical (unpaired) electrons. The lowest BCUT2D eigenvalue weighted by Gasteiger charge is -2.07. The molecule has 0 fully saturated rings. The highest BCUT2D eigenvalue weighted by Gasteiger charge is 2.13. The fraction of sp³-hybridized carbons (Fsp3) is 0.375. The number of methoxy groups -OCH3 is 1. The number of ether oxygens (including phenoxy) is 1. The van der Waals surface area contributed by atoms with Crippen LogP contribution in [0.3, 0.4) is 0 Å². The average Bonchev–Trinajstić information content (AvgIpc) is 2.16. The van der Waals surface area contributed by atoms with E-state index < -0.39 is 6.43 Å². The summed E-state index contributed by atoms with van der Waals surface area (Å²) in [5, 5.41) is 0. The van der Waals surface area contributed by atoms with E-state index >= 15 is 0 Å². The first kappa shape index (κ1) is 9.85. The van der Waals surface area contributed by atoms with Gasteiger partial charge in [0, 0.05) is 24.4 Å². The molecule has 0 saturated heterocycles. The summed E-state index contributed by atoms with van der Waals surface area (Å²) in [5.41, 5.74) is 5.49. The largest absolute Gasteiger partial charge is 0.481 e. The monoisotopic (exact) mass is 188 g/mol.